The monoisotopic (exact) mass is 419 g/mol. The van der Waals surface area contributed by atoms with E-state index in [0.29, 0.717) is 17.4 Å². The Morgan fingerprint density at radius 1 is 1.15 bits per heavy atom. The average molecular weight is 420 g/mol. The Kier molecular flexibility index (Phi) is 5.51. The summed E-state index contributed by atoms with van der Waals surface area (Å²) in [6.07, 6.45) is 2.32. The fraction of sp³-hybridized carbons (Fsp3) is 0.400. The minimum Gasteiger partial charge on any atom is -0.481 e. The number of Topliss-reactive ketones (excluding diaryl/α,β-unsaturated/α-hetero) is 1. The van der Waals surface area contributed by atoms with Gasteiger partial charge in [-0.25, -0.2) is 4.79 Å². The second-order valence-electron chi connectivity index (χ2n) is 6.69. The zero-order valence-corrected chi connectivity index (χ0v) is 16.8. The molecule has 0 bridgehead atoms. The maximum absolute atomic E-state index is 12.4. The van der Waals surface area contributed by atoms with E-state index < -0.39 is 5.97 Å². The molecule has 1 fully saturated rings. The highest BCUT2D eigenvalue weighted by atomic mass is 79.9. The number of aromatic nitrogens is 1. The molecule has 5 nitrogen and oxygen atoms in total. The summed E-state index contributed by atoms with van der Waals surface area (Å²) in [5, 5.41) is 0. The standard InChI is InChI=1S/C20H22BrNO4/c1-12-4-7-19(17(21)8-12)25-11-20(24)26-10-18(23)16-9-13(2)22(14(16)3)15-5-6-15/h4,7-9,15H,5-6,10-11H2,1-3H3. The number of ketones is 1. The molecule has 3 rings (SSSR count). The van der Waals surface area contributed by atoms with Gasteiger partial charge in [0.25, 0.3) is 0 Å². The van der Waals surface area contributed by atoms with E-state index >= 15 is 0 Å². The second kappa shape index (κ2) is 7.66. The number of hydrogen-bond donors (Lipinski definition) is 0. The van der Waals surface area contributed by atoms with Gasteiger partial charge in [-0.3, -0.25) is 4.79 Å². The van der Waals surface area contributed by atoms with Crippen molar-refractivity contribution in [3.05, 3.63) is 51.3 Å². The Hall–Kier alpha value is -2.08. The zero-order valence-electron chi connectivity index (χ0n) is 15.2. The van der Waals surface area contributed by atoms with E-state index in [0.717, 1.165) is 34.3 Å². The van der Waals surface area contributed by atoms with Gasteiger partial charge in [0.1, 0.15) is 5.75 Å². The van der Waals surface area contributed by atoms with Crippen molar-refractivity contribution in [3.63, 3.8) is 0 Å². The zero-order chi connectivity index (χ0) is 18.8. The van der Waals surface area contributed by atoms with Crippen LogP contribution in [0.3, 0.4) is 0 Å². The number of rotatable bonds is 7. The lowest BCUT2D eigenvalue weighted by atomic mass is 10.1. The number of hydrogen-bond acceptors (Lipinski definition) is 4. The molecule has 0 saturated heterocycles. The van der Waals surface area contributed by atoms with Crippen molar-refractivity contribution in [1.82, 2.24) is 4.57 Å². The van der Waals surface area contributed by atoms with Crippen LogP contribution in [0.15, 0.2) is 28.7 Å². The molecule has 0 radical (unpaired) electrons. The normalized spacial score (nSPS) is 13.5. The van der Waals surface area contributed by atoms with Crippen LogP contribution < -0.4 is 4.74 Å². The Morgan fingerprint density at radius 3 is 2.54 bits per heavy atom. The number of esters is 1. The number of benzene rings is 1. The first-order valence-electron chi connectivity index (χ1n) is 8.63. The van der Waals surface area contributed by atoms with Gasteiger partial charge in [0.2, 0.25) is 5.78 Å². The highest BCUT2D eigenvalue weighted by molar-refractivity contribution is 9.10. The molecule has 1 aromatic heterocycles. The third-order valence-electron chi connectivity index (χ3n) is 4.49. The van der Waals surface area contributed by atoms with E-state index in [2.05, 4.69) is 20.5 Å². The molecule has 0 amide bonds. The van der Waals surface area contributed by atoms with E-state index in [1.165, 1.54) is 0 Å². The first kappa shape index (κ1) is 18.7. The minimum absolute atomic E-state index is 0.185. The van der Waals surface area contributed by atoms with Crippen LogP contribution in [0.25, 0.3) is 0 Å². The maximum atomic E-state index is 12.4. The van der Waals surface area contributed by atoms with Crippen LogP contribution >= 0.6 is 15.9 Å². The van der Waals surface area contributed by atoms with Crippen molar-refractivity contribution in [2.24, 2.45) is 0 Å². The fourth-order valence-electron chi connectivity index (χ4n) is 3.08. The summed E-state index contributed by atoms with van der Waals surface area (Å²) in [7, 11) is 0. The molecule has 0 spiro atoms. The predicted molar refractivity (Wildman–Crippen MR) is 102 cm³/mol. The summed E-state index contributed by atoms with van der Waals surface area (Å²) < 4.78 is 13.5. The van der Waals surface area contributed by atoms with Gasteiger partial charge >= 0.3 is 5.97 Å². The first-order valence-corrected chi connectivity index (χ1v) is 9.42. The number of nitrogens with zero attached hydrogens (tertiary/aromatic N) is 1. The number of aryl methyl sites for hydroxylation is 2. The fourth-order valence-corrected chi connectivity index (χ4v) is 3.69. The van der Waals surface area contributed by atoms with Gasteiger partial charge in [-0.2, -0.15) is 0 Å². The van der Waals surface area contributed by atoms with Crippen LogP contribution in [0, 0.1) is 20.8 Å². The molecule has 1 heterocycles. The van der Waals surface area contributed by atoms with E-state index in [4.69, 9.17) is 9.47 Å². The highest BCUT2D eigenvalue weighted by Gasteiger charge is 2.28. The molecule has 0 N–H and O–H groups in total. The number of carbonyl (C=O) groups excluding carboxylic acids is 2. The Labute approximate surface area is 161 Å². The summed E-state index contributed by atoms with van der Waals surface area (Å²) in [5.41, 5.74) is 3.74. The van der Waals surface area contributed by atoms with Crippen molar-refractivity contribution in [2.45, 2.75) is 39.7 Å². The van der Waals surface area contributed by atoms with Gasteiger partial charge in [-0.15, -0.1) is 0 Å². The average Bonchev–Trinajstić information content (AvgIpc) is 3.37. The summed E-state index contributed by atoms with van der Waals surface area (Å²) >= 11 is 3.39. The molecular formula is C20H22BrNO4. The SMILES string of the molecule is Cc1ccc(OCC(=O)OCC(=O)c2cc(C)n(C3CC3)c2C)c(Br)c1. The molecule has 2 aromatic rings. The maximum Gasteiger partial charge on any atom is 0.344 e. The van der Waals surface area contributed by atoms with E-state index in [9.17, 15) is 9.59 Å². The molecule has 1 aromatic carbocycles. The quantitative estimate of drug-likeness (QED) is 0.495. The molecule has 0 unspecified atom stereocenters. The van der Waals surface area contributed by atoms with Gasteiger partial charge in [-0.1, -0.05) is 6.07 Å². The molecule has 1 aliphatic rings. The van der Waals surface area contributed by atoms with E-state index in [1.807, 2.05) is 39.0 Å². The lowest BCUT2D eigenvalue weighted by molar-refractivity contribution is -0.144. The summed E-state index contributed by atoms with van der Waals surface area (Å²) in [6, 6.07) is 7.97. The van der Waals surface area contributed by atoms with Gasteiger partial charge in [-0.05, 0) is 73.3 Å². The third-order valence-corrected chi connectivity index (χ3v) is 5.11. The second-order valence-corrected chi connectivity index (χ2v) is 7.55. The van der Waals surface area contributed by atoms with E-state index in [-0.39, 0.29) is 19.0 Å². The van der Waals surface area contributed by atoms with Crippen molar-refractivity contribution >= 4 is 27.7 Å². The van der Waals surface area contributed by atoms with Crippen LogP contribution in [-0.2, 0) is 9.53 Å². The first-order chi connectivity index (χ1) is 12.4. The molecule has 0 atom stereocenters. The summed E-state index contributed by atoms with van der Waals surface area (Å²) in [6.45, 7) is 5.40. The largest absolute Gasteiger partial charge is 0.481 e. The van der Waals surface area contributed by atoms with E-state index in [1.54, 1.807) is 6.07 Å². The number of halogens is 1. The van der Waals surface area contributed by atoms with Crippen molar-refractivity contribution in [2.75, 3.05) is 13.2 Å². The Morgan fingerprint density at radius 2 is 1.88 bits per heavy atom. The lowest BCUT2D eigenvalue weighted by Crippen LogP contribution is -2.20. The number of ether oxygens (including phenoxy) is 2. The molecule has 6 heteroatoms. The van der Waals surface area contributed by atoms with Gasteiger partial charge in [0.15, 0.2) is 13.2 Å². The van der Waals surface area contributed by atoms with Crippen molar-refractivity contribution < 1.29 is 19.1 Å². The van der Waals surface area contributed by atoms with Gasteiger partial charge in [0, 0.05) is 23.0 Å². The molecule has 26 heavy (non-hydrogen) atoms. The topological polar surface area (TPSA) is 57.5 Å². The summed E-state index contributed by atoms with van der Waals surface area (Å²) in [4.78, 5) is 24.3. The summed E-state index contributed by atoms with van der Waals surface area (Å²) in [5.74, 6) is -0.191. The third kappa shape index (κ3) is 4.18. The van der Waals surface area contributed by atoms with Crippen molar-refractivity contribution in [3.8, 4) is 5.75 Å². The molecule has 1 saturated carbocycles. The minimum atomic E-state index is -0.568. The molecule has 138 valence electrons. The molecule has 0 aliphatic heterocycles. The lowest BCUT2D eigenvalue weighted by Gasteiger charge is -2.09. The van der Waals surface area contributed by atoms with Crippen LogP contribution in [0.1, 0.15) is 46.2 Å². The number of carbonyl (C=O) groups is 2. The predicted octanol–water partition coefficient (Wildman–Crippen LogP) is 4.32. The Balaban J connectivity index is 1.53. The van der Waals surface area contributed by atoms with Crippen LogP contribution in [0.2, 0.25) is 0 Å². The molecular weight excluding hydrogens is 398 g/mol. The van der Waals surface area contributed by atoms with Crippen molar-refractivity contribution in [1.29, 1.82) is 0 Å². The van der Waals surface area contributed by atoms with Crippen LogP contribution in [0.4, 0.5) is 0 Å². The van der Waals surface area contributed by atoms with Gasteiger partial charge < -0.3 is 14.0 Å². The Bertz CT molecular complexity index is 852. The van der Waals surface area contributed by atoms with Crippen LogP contribution in [0.5, 0.6) is 5.75 Å². The molecule has 1 aliphatic carbocycles. The highest BCUT2D eigenvalue weighted by Crippen LogP contribution is 2.38. The van der Waals surface area contributed by atoms with Gasteiger partial charge in [0.05, 0.1) is 4.47 Å². The smallest absolute Gasteiger partial charge is 0.344 e. The van der Waals surface area contributed by atoms with Crippen LogP contribution in [-0.4, -0.2) is 29.5 Å².